The first-order chi connectivity index (χ1) is 15.1. The first-order valence-corrected chi connectivity index (χ1v) is 10.5. The lowest BCUT2D eigenvalue weighted by atomic mass is 10.00. The van der Waals surface area contributed by atoms with Gasteiger partial charge in [0, 0.05) is 6.42 Å². The molecule has 4 unspecified atom stereocenters. The van der Waals surface area contributed by atoms with Crippen LogP contribution in [0, 0.1) is 11.8 Å². The maximum absolute atomic E-state index is 12.8. The number of hydrogen-bond donors (Lipinski definition) is 7. The minimum atomic E-state index is -1.56. The largest absolute Gasteiger partial charge is 0.481 e. The lowest BCUT2D eigenvalue weighted by Crippen LogP contribution is -2.59. The number of carbonyl (C=O) groups is 6. The van der Waals surface area contributed by atoms with Crippen molar-refractivity contribution >= 4 is 35.6 Å². The number of carbonyl (C=O) groups excluding carboxylic acids is 4. The molecule has 4 amide bonds. The van der Waals surface area contributed by atoms with Gasteiger partial charge < -0.3 is 37.6 Å². The minimum absolute atomic E-state index is 0.143. The SMILES string of the molecule is CC(C)CC(N)C(=O)NC(C(=O)NC(CC(N)=O)C(=O)NC(CCC(=O)O)C(=O)O)C(C)C. The van der Waals surface area contributed by atoms with E-state index in [1.807, 2.05) is 13.8 Å². The summed E-state index contributed by atoms with van der Waals surface area (Å²) in [6, 6.07) is -5.05. The summed E-state index contributed by atoms with van der Waals surface area (Å²) in [5.74, 6) is -6.36. The number of hydrogen-bond acceptors (Lipinski definition) is 7. The highest BCUT2D eigenvalue weighted by molar-refractivity contribution is 5.96. The number of rotatable bonds is 15. The van der Waals surface area contributed by atoms with E-state index < -0.39 is 84.9 Å². The molecule has 188 valence electrons. The number of carboxylic acid groups (broad SMARTS) is 2. The number of nitrogens with one attached hydrogen (secondary N) is 3. The Balaban J connectivity index is 5.45. The monoisotopic (exact) mass is 473 g/mol. The Labute approximate surface area is 192 Å². The molecule has 0 aliphatic heterocycles. The first kappa shape index (κ1) is 29.8. The molecule has 0 aromatic heterocycles. The van der Waals surface area contributed by atoms with Gasteiger partial charge in [0.1, 0.15) is 18.1 Å². The minimum Gasteiger partial charge on any atom is -0.481 e. The van der Waals surface area contributed by atoms with Gasteiger partial charge in [-0.15, -0.1) is 0 Å². The van der Waals surface area contributed by atoms with Crippen molar-refractivity contribution in [2.75, 3.05) is 0 Å². The molecule has 13 nitrogen and oxygen atoms in total. The second-order valence-corrected chi connectivity index (χ2v) is 8.53. The Morgan fingerprint density at radius 1 is 0.818 bits per heavy atom. The van der Waals surface area contributed by atoms with Crippen LogP contribution < -0.4 is 27.4 Å². The summed E-state index contributed by atoms with van der Waals surface area (Å²) in [6.07, 6.45) is -1.19. The molecule has 9 N–H and O–H groups in total. The maximum atomic E-state index is 12.8. The molecule has 4 atom stereocenters. The average molecular weight is 474 g/mol. The van der Waals surface area contributed by atoms with Gasteiger partial charge in [-0.3, -0.25) is 24.0 Å². The van der Waals surface area contributed by atoms with Crippen LogP contribution in [-0.2, 0) is 28.8 Å². The number of nitrogens with two attached hydrogens (primary N) is 2. The Bertz CT molecular complexity index is 740. The maximum Gasteiger partial charge on any atom is 0.326 e. The second-order valence-electron chi connectivity index (χ2n) is 8.53. The summed E-state index contributed by atoms with van der Waals surface area (Å²) in [4.78, 5) is 71.2. The fourth-order valence-electron chi connectivity index (χ4n) is 2.88. The van der Waals surface area contributed by atoms with Crippen molar-refractivity contribution in [1.29, 1.82) is 0 Å². The fraction of sp³-hybridized carbons (Fsp3) is 0.700. The molecule has 0 saturated heterocycles. The van der Waals surface area contributed by atoms with Crippen LogP contribution in [0.15, 0.2) is 0 Å². The summed E-state index contributed by atoms with van der Waals surface area (Å²) in [6.45, 7) is 7.06. The third kappa shape index (κ3) is 11.8. The van der Waals surface area contributed by atoms with Crippen LogP contribution in [-0.4, -0.2) is 69.9 Å². The zero-order chi connectivity index (χ0) is 25.9. The summed E-state index contributed by atoms with van der Waals surface area (Å²) in [7, 11) is 0. The molecule has 0 rings (SSSR count). The van der Waals surface area contributed by atoms with Crippen molar-refractivity contribution in [3.63, 3.8) is 0 Å². The second kappa shape index (κ2) is 14.0. The van der Waals surface area contributed by atoms with E-state index in [4.69, 9.17) is 16.6 Å². The van der Waals surface area contributed by atoms with Gasteiger partial charge in [0.2, 0.25) is 23.6 Å². The van der Waals surface area contributed by atoms with Gasteiger partial charge >= 0.3 is 11.9 Å². The topological polar surface area (TPSA) is 231 Å². The molecular formula is C20H35N5O8. The van der Waals surface area contributed by atoms with Crippen LogP contribution in [0.3, 0.4) is 0 Å². The smallest absolute Gasteiger partial charge is 0.326 e. The molecule has 0 bridgehead atoms. The summed E-state index contributed by atoms with van der Waals surface area (Å²) < 4.78 is 0. The van der Waals surface area contributed by atoms with E-state index >= 15 is 0 Å². The Hall–Kier alpha value is -3.22. The predicted octanol–water partition coefficient (Wildman–Crippen LogP) is -1.70. The van der Waals surface area contributed by atoms with Gasteiger partial charge in [0.15, 0.2) is 0 Å². The van der Waals surface area contributed by atoms with Gasteiger partial charge in [0.05, 0.1) is 12.5 Å². The summed E-state index contributed by atoms with van der Waals surface area (Å²) in [5, 5.41) is 24.9. The van der Waals surface area contributed by atoms with Gasteiger partial charge in [0.25, 0.3) is 0 Å². The van der Waals surface area contributed by atoms with E-state index in [1.54, 1.807) is 13.8 Å². The third-order valence-corrected chi connectivity index (χ3v) is 4.61. The highest BCUT2D eigenvalue weighted by Crippen LogP contribution is 2.08. The quantitative estimate of drug-likeness (QED) is 0.143. The molecule has 0 saturated carbocycles. The van der Waals surface area contributed by atoms with Crippen molar-refractivity contribution in [1.82, 2.24) is 16.0 Å². The lowest BCUT2D eigenvalue weighted by Gasteiger charge is -2.26. The van der Waals surface area contributed by atoms with E-state index in [0.29, 0.717) is 6.42 Å². The number of primary amides is 1. The number of amides is 4. The van der Waals surface area contributed by atoms with Crippen LogP contribution in [0.2, 0.25) is 0 Å². The molecular weight excluding hydrogens is 438 g/mol. The molecule has 13 heteroatoms. The molecule has 0 aromatic rings. The summed E-state index contributed by atoms with van der Waals surface area (Å²) >= 11 is 0. The molecule has 0 radical (unpaired) electrons. The van der Waals surface area contributed by atoms with E-state index in [2.05, 4.69) is 16.0 Å². The zero-order valence-electron chi connectivity index (χ0n) is 19.3. The molecule has 0 heterocycles. The molecule has 0 aliphatic carbocycles. The van der Waals surface area contributed by atoms with E-state index in [0.717, 1.165) is 0 Å². The highest BCUT2D eigenvalue weighted by Gasteiger charge is 2.32. The van der Waals surface area contributed by atoms with Crippen molar-refractivity contribution < 1.29 is 39.0 Å². The first-order valence-electron chi connectivity index (χ1n) is 10.5. The van der Waals surface area contributed by atoms with Crippen LogP contribution in [0.4, 0.5) is 0 Å². The van der Waals surface area contributed by atoms with Gasteiger partial charge in [-0.2, -0.15) is 0 Å². The van der Waals surface area contributed by atoms with Crippen molar-refractivity contribution in [2.24, 2.45) is 23.3 Å². The van der Waals surface area contributed by atoms with E-state index in [1.165, 1.54) is 0 Å². The zero-order valence-corrected chi connectivity index (χ0v) is 19.3. The Kier molecular flexibility index (Phi) is 12.7. The number of aliphatic carboxylic acids is 2. The van der Waals surface area contributed by atoms with Crippen LogP contribution in [0.5, 0.6) is 0 Å². The normalized spacial score (nSPS) is 14.6. The van der Waals surface area contributed by atoms with Crippen molar-refractivity contribution in [2.45, 2.75) is 77.5 Å². The third-order valence-electron chi connectivity index (χ3n) is 4.61. The molecule has 0 spiro atoms. The van der Waals surface area contributed by atoms with E-state index in [9.17, 15) is 33.9 Å². The highest BCUT2D eigenvalue weighted by atomic mass is 16.4. The van der Waals surface area contributed by atoms with Crippen LogP contribution >= 0.6 is 0 Å². The van der Waals surface area contributed by atoms with Gasteiger partial charge in [-0.1, -0.05) is 27.7 Å². The van der Waals surface area contributed by atoms with Gasteiger partial charge in [-0.25, -0.2) is 4.79 Å². The number of carboxylic acids is 2. The van der Waals surface area contributed by atoms with Crippen molar-refractivity contribution in [3.8, 4) is 0 Å². The molecule has 33 heavy (non-hydrogen) atoms. The fourth-order valence-corrected chi connectivity index (χ4v) is 2.88. The van der Waals surface area contributed by atoms with E-state index in [-0.39, 0.29) is 5.92 Å². The van der Waals surface area contributed by atoms with Crippen LogP contribution in [0.1, 0.15) is 53.4 Å². The van der Waals surface area contributed by atoms with Gasteiger partial charge in [-0.05, 0) is 24.7 Å². The molecule has 0 aliphatic rings. The lowest BCUT2D eigenvalue weighted by molar-refractivity contribution is -0.143. The average Bonchev–Trinajstić information content (AvgIpc) is 2.66. The van der Waals surface area contributed by atoms with Crippen molar-refractivity contribution in [3.05, 3.63) is 0 Å². The standard InChI is InChI=1S/C20H35N5O8/c1-9(2)7-11(21)17(29)25-16(10(3)4)19(31)24-13(8-14(22)26)18(30)23-12(20(32)33)5-6-15(27)28/h9-13,16H,5-8,21H2,1-4H3,(H2,22,26)(H,23,30)(H,24,31)(H,25,29)(H,27,28)(H,32,33). The Morgan fingerprint density at radius 2 is 1.36 bits per heavy atom. The molecule has 0 fully saturated rings. The van der Waals surface area contributed by atoms with Crippen LogP contribution in [0.25, 0.3) is 0 Å². The Morgan fingerprint density at radius 3 is 1.79 bits per heavy atom. The molecule has 0 aromatic carbocycles. The summed E-state index contributed by atoms with van der Waals surface area (Å²) in [5.41, 5.74) is 11.0. The predicted molar refractivity (Wildman–Crippen MR) is 116 cm³/mol.